The van der Waals surface area contributed by atoms with Crippen LogP contribution in [0.15, 0.2) is 46.9 Å². The molecule has 1 aliphatic heterocycles. The Morgan fingerprint density at radius 1 is 1.08 bits per heavy atom. The van der Waals surface area contributed by atoms with Crippen LogP contribution in [0.2, 0.25) is 0 Å². The number of thiocarbonyl (C=S) groups is 1. The van der Waals surface area contributed by atoms with Gasteiger partial charge in [-0.3, -0.25) is 0 Å². The Hall–Kier alpha value is -1.63. The smallest absolute Gasteiger partial charge is 0.171 e. The summed E-state index contributed by atoms with van der Waals surface area (Å²) in [6.45, 7) is 7.21. The minimum absolute atomic E-state index is 0.634. The molecule has 0 radical (unpaired) electrons. The van der Waals surface area contributed by atoms with Crippen molar-refractivity contribution in [2.45, 2.75) is 13.5 Å². The van der Waals surface area contributed by atoms with E-state index in [-0.39, 0.29) is 0 Å². The molecular formula is C20H25BrN4S. The van der Waals surface area contributed by atoms with Crippen molar-refractivity contribution in [2.24, 2.45) is 0 Å². The molecule has 26 heavy (non-hydrogen) atoms. The topological polar surface area (TPSA) is 30.5 Å². The van der Waals surface area contributed by atoms with Crippen LogP contribution in [0.3, 0.4) is 0 Å². The van der Waals surface area contributed by atoms with E-state index in [1.807, 2.05) is 12.1 Å². The second-order valence-corrected chi connectivity index (χ2v) is 7.99. The van der Waals surface area contributed by atoms with Gasteiger partial charge in [0.05, 0.1) is 0 Å². The largest absolute Gasteiger partial charge is 0.369 e. The highest BCUT2D eigenvalue weighted by atomic mass is 79.9. The lowest BCUT2D eigenvalue weighted by molar-refractivity contribution is 0.313. The minimum atomic E-state index is 0.634. The zero-order valence-electron chi connectivity index (χ0n) is 15.3. The summed E-state index contributed by atoms with van der Waals surface area (Å²) in [5.41, 5.74) is 4.69. The molecule has 0 bridgehead atoms. The number of benzene rings is 2. The van der Waals surface area contributed by atoms with Gasteiger partial charge >= 0.3 is 0 Å². The molecule has 2 aromatic carbocycles. The van der Waals surface area contributed by atoms with Gasteiger partial charge in [0.1, 0.15) is 0 Å². The molecule has 2 N–H and O–H groups in total. The van der Waals surface area contributed by atoms with Crippen molar-refractivity contribution in [3.05, 3.63) is 58.1 Å². The summed E-state index contributed by atoms with van der Waals surface area (Å²) in [6, 6.07) is 14.9. The second-order valence-electron chi connectivity index (χ2n) is 6.73. The van der Waals surface area contributed by atoms with Crippen LogP contribution in [-0.2, 0) is 6.54 Å². The molecule has 0 atom stereocenters. The molecule has 0 unspecified atom stereocenters. The molecule has 0 amide bonds. The first-order valence-electron chi connectivity index (χ1n) is 8.85. The zero-order valence-corrected chi connectivity index (χ0v) is 17.7. The van der Waals surface area contributed by atoms with Gasteiger partial charge in [-0.05, 0) is 67.6 Å². The number of hydrogen-bond acceptors (Lipinski definition) is 3. The minimum Gasteiger partial charge on any atom is -0.369 e. The first-order chi connectivity index (χ1) is 12.5. The summed E-state index contributed by atoms with van der Waals surface area (Å²) in [4.78, 5) is 4.81. The first-order valence-corrected chi connectivity index (χ1v) is 10.0. The zero-order chi connectivity index (χ0) is 18.5. The number of hydrogen-bond donors (Lipinski definition) is 2. The second kappa shape index (κ2) is 8.84. The van der Waals surface area contributed by atoms with Crippen molar-refractivity contribution in [3.8, 4) is 0 Å². The van der Waals surface area contributed by atoms with E-state index >= 15 is 0 Å². The Kier molecular flexibility index (Phi) is 6.51. The fourth-order valence-corrected chi connectivity index (χ4v) is 3.41. The van der Waals surface area contributed by atoms with E-state index in [0.717, 1.165) is 36.3 Å². The van der Waals surface area contributed by atoms with Gasteiger partial charge in [-0.15, -0.1) is 0 Å². The van der Waals surface area contributed by atoms with Crippen LogP contribution in [0, 0.1) is 6.92 Å². The fourth-order valence-electron chi connectivity index (χ4n) is 2.97. The van der Waals surface area contributed by atoms with Gasteiger partial charge in [-0.1, -0.05) is 28.1 Å². The number of nitrogens with zero attached hydrogens (tertiary/aromatic N) is 2. The monoisotopic (exact) mass is 432 g/mol. The number of piperazine rings is 1. The highest BCUT2D eigenvalue weighted by molar-refractivity contribution is 9.10. The van der Waals surface area contributed by atoms with Crippen LogP contribution in [-0.4, -0.2) is 43.2 Å². The highest BCUT2D eigenvalue weighted by Gasteiger charge is 2.13. The Labute approximate surface area is 169 Å². The number of nitrogens with one attached hydrogen (secondary N) is 2. The molecule has 1 heterocycles. The third kappa shape index (κ3) is 5.19. The normalized spacial score (nSPS) is 15.0. The van der Waals surface area contributed by atoms with Gasteiger partial charge in [-0.25, -0.2) is 0 Å². The van der Waals surface area contributed by atoms with E-state index < -0.39 is 0 Å². The van der Waals surface area contributed by atoms with Crippen LogP contribution in [0.25, 0.3) is 0 Å². The van der Waals surface area contributed by atoms with Crippen LogP contribution >= 0.6 is 28.1 Å². The summed E-state index contributed by atoms with van der Waals surface area (Å²) >= 11 is 8.92. The molecule has 1 fully saturated rings. The van der Waals surface area contributed by atoms with Gasteiger partial charge < -0.3 is 20.4 Å². The van der Waals surface area contributed by atoms with Crippen molar-refractivity contribution in [1.82, 2.24) is 10.2 Å². The lowest BCUT2D eigenvalue weighted by Crippen LogP contribution is -2.44. The van der Waals surface area contributed by atoms with E-state index in [1.165, 1.54) is 16.8 Å². The van der Waals surface area contributed by atoms with E-state index in [0.29, 0.717) is 11.7 Å². The van der Waals surface area contributed by atoms with Crippen LogP contribution in [0.1, 0.15) is 11.1 Å². The average Bonchev–Trinajstić information content (AvgIpc) is 2.64. The molecule has 0 saturated carbocycles. The van der Waals surface area contributed by atoms with Crippen molar-refractivity contribution < 1.29 is 0 Å². The number of halogens is 1. The predicted molar refractivity (Wildman–Crippen MR) is 118 cm³/mol. The van der Waals surface area contributed by atoms with Gasteiger partial charge in [0.25, 0.3) is 0 Å². The molecule has 0 aromatic heterocycles. The van der Waals surface area contributed by atoms with Crippen molar-refractivity contribution in [1.29, 1.82) is 0 Å². The van der Waals surface area contributed by atoms with Crippen LogP contribution in [0.5, 0.6) is 0 Å². The van der Waals surface area contributed by atoms with Gasteiger partial charge in [0.15, 0.2) is 5.11 Å². The van der Waals surface area contributed by atoms with E-state index in [4.69, 9.17) is 12.2 Å². The molecule has 1 aliphatic rings. The molecule has 3 rings (SSSR count). The van der Waals surface area contributed by atoms with Crippen LogP contribution in [0.4, 0.5) is 11.4 Å². The first kappa shape index (κ1) is 19.1. The van der Waals surface area contributed by atoms with Crippen molar-refractivity contribution in [3.63, 3.8) is 0 Å². The predicted octanol–water partition coefficient (Wildman–Crippen LogP) is 4.00. The molecular weight excluding hydrogens is 408 g/mol. The summed E-state index contributed by atoms with van der Waals surface area (Å²) in [5, 5.41) is 7.14. The summed E-state index contributed by atoms with van der Waals surface area (Å²) in [6.07, 6.45) is 0. The molecule has 138 valence electrons. The molecule has 6 heteroatoms. The van der Waals surface area contributed by atoms with Gasteiger partial charge in [-0.2, -0.15) is 0 Å². The molecule has 1 saturated heterocycles. The summed E-state index contributed by atoms with van der Waals surface area (Å²) in [5.74, 6) is 0. The Morgan fingerprint density at radius 2 is 1.77 bits per heavy atom. The maximum absolute atomic E-state index is 5.40. The fraction of sp³-hybridized carbons (Fsp3) is 0.350. The SMILES string of the molecule is Cc1cc(NC(=S)NCc2ccc(N3CCN(C)CC3)cc2)ccc1Br. The quantitative estimate of drug-likeness (QED) is 0.712. The number of aryl methyl sites for hydroxylation is 1. The maximum Gasteiger partial charge on any atom is 0.171 e. The molecule has 4 nitrogen and oxygen atoms in total. The third-order valence-electron chi connectivity index (χ3n) is 4.67. The lowest BCUT2D eigenvalue weighted by Gasteiger charge is -2.34. The van der Waals surface area contributed by atoms with E-state index in [1.54, 1.807) is 0 Å². The molecule has 2 aromatic rings. The Bertz CT molecular complexity index is 755. The number of rotatable bonds is 4. The third-order valence-corrected chi connectivity index (χ3v) is 5.81. The Balaban J connectivity index is 1.49. The highest BCUT2D eigenvalue weighted by Crippen LogP contribution is 2.20. The number of anilines is 2. The average molecular weight is 433 g/mol. The van der Waals surface area contributed by atoms with Gasteiger partial charge in [0.2, 0.25) is 0 Å². The Morgan fingerprint density at radius 3 is 2.42 bits per heavy atom. The van der Waals surface area contributed by atoms with Crippen molar-refractivity contribution >= 4 is 44.6 Å². The van der Waals surface area contributed by atoms with Crippen LogP contribution < -0.4 is 15.5 Å². The lowest BCUT2D eigenvalue weighted by atomic mass is 10.2. The standard InChI is InChI=1S/C20H25BrN4S/c1-15-13-17(5-8-19(15)21)23-20(26)22-14-16-3-6-18(7-4-16)25-11-9-24(2)10-12-25/h3-8,13H,9-12,14H2,1-2H3,(H2,22,23,26). The van der Waals surface area contributed by atoms with Crippen molar-refractivity contribution in [2.75, 3.05) is 43.4 Å². The summed E-state index contributed by atoms with van der Waals surface area (Å²) < 4.78 is 1.10. The van der Waals surface area contributed by atoms with E-state index in [2.05, 4.69) is 80.7 Å². The molecule has 0 aliphatic carbocycles. The maximum atomic E-state index is 5.40. The summed E-state index contributed by atoms with van der Waals surface area (Å²) in [7, 11) is 2.18. The van der Waals surface area contributed by atoms with E-state index in [9.17, 15) is 0 Å². The van der Waals surface area contributed by atoms with Gasteiger partial charge in [0, 0.05) is 48.6 Å². The number of likely N-dealkylation sites (N-methyl/N-ethyl adjacent to an activating group) is 1. The molecule has 0 spiro atoms.